The molecule has 2 aromatic rings. The van der Waals surface area contributed by atoms with Gasteiger partial charge in [0.1, 0.15) is 35.9 Å². The second-order valence-corrected chi connectivity index (χ2v) is 8.89. The predicted molar refractivity (Wildman–Crippen MR) is 128 cm³/mol. The molecule has 0 amide bonds. The minimum atomic E-state index is -1.14. The summed E-state index contributed by atoms with van der Waals surface area (Å²) in [7, 11) is 0. The highest BCUT2D eigenvalue weighted by Gasteiger charge is 2.50. The first-order valence-corrected chi connectivity index (χ1v) is 12.4. The molecule has 0 saturated carbocycles. The molecule has 192 valence electrons. The number of hydrogen-bond donors (Lipinski definition) is 2. The average Bonchev–Trinajstić information content (AvgIpc) is 2.90. The molecule has 2 fully saturated rings. The van der Waals surface area contributed by atoms with Crippen LogP contribution < -0.4 is 9.47 Å². The van der Waals surface area contributed by atoms with Crippen molar-refractivity contribution in [1.82, 2.24) is 0 Å². The summed E-state index contributed by atoms with van der Waals surface area (Å²) in [4.78, 5) is 0. The van der Waals surface area contributed by atoms with Crippen molar-refractivity contribution in [1.29, 1.82) is 0 Å². The Kier molecular flexibility index (Phi) is 8.99. The zero-order valence-corrected chi connectivity index (χ0v) is 20.5. The van der Waals surface area contributed by atoms with Crippen LogP contribution in [0, 0.1) is 0 Å². The largest absolute Gasteiger partial charge is 0.494 e. The number of hydrogen-bond acceptors (Lipinski definition) is 8. The summed E-state index contributed by atoms with van der Waals surface area (Å²) in [5.74, 6) is 1.55. The summed E-state index contributed by atoms with van der Waals surface area (Å²) in [6.07, 6.45) is -2.98. The molecule has 0 spiro atoms. The van der Waals surface area contributed by atoms with Crippen LogP contribution in [0.15, 0.2) is 48.5 Å². The Morgan fingerprint density at radius 1 is 0.743 bits per heavy atom. The van der Waals surface area contributed by atoms with Gasteiger partial charge < -0.3 is 38.6 Å². The van der Waals surface area contributed by atoms with Gasteiger partial charge in [0.25, 0.3) is 0 Å². The Labute approximate surface area is 206 Å². The highest BCUT2D eigenvalue weighted by atomic mass is 16.8. The van der Waals surface area contributed by atoms with Gasteiger partial charge in [-0.3, -0.25) is 0 Å². The lowest BCUT2D eigenvalue weighted by atomic mass is 9.96. The number of fused-ring (bicyclic) bond motifs is 1. The van der Waals surface area contributed by atoms with Gasteiger partial charge in [-0.05, 0) is 44.0 Å². The third kappa shape index (κ3) is 6.14. The van der Waals surface area contributed by atoms with E-state index in [0.29, 0.717) is 13.2 Å². The summed E-state index contributed by atoms with van der Waals surface area (Å²) in [6, 6.07) is 15.0. The minimum absolute atomic E-state index is 0.346. The van der Waals surface area contributed by atoms with E-state index < -0.39 is 43.6 Å². The maximum Gasteiger partial charge on any atom is 0.184 e. The van der Waals surface area contributed by atoms with Gasteiger partial charge in [0, 0.05) is 11.1 Å². The normalized spacial score (nSPS) is 29.3. The summed E-state index contributed by atoms with van der Waals surface area (Å²) in [5.41, 5.74) is 1.60. The highest BCUT2D eigenvalue weighted by molar-refractivity contribution is 5.29. The van der Waals surface area contributed by atoms with Gasteiger partial charge in [-0.15, -0.1) is 0 Å². The molecule has 0 aliphatic carbocycles. The van der Waals surface area contributed by atoms with Gasteiger partial charge >= 0.3 is 0 Å². The van der Waals surface area contributed by atoms with Gasteiger partial charge in [0.2, 0.25) is 0 Å². The van der Waals surface area contributed by atoms with Crippen molar-refractivity contribution >= 4 is 0 Å². The molecular weight excluding hydrogens is 452 g/mol. The number of aliphatic hydroxyl groups is 2. The van der Waals surface area contributed by atoms with Crippen molar-refractivity contribution in [3.8, 4) is 11.5 Å². The van der Waals surface area contributed by atoms with Crippen molar-refractivity contribution in [2.24, 2.45) is 0 Å². The third-order valence-corrected chi connectivity index (χ3v) is 6.11. The van der Waals surface area contributed by atoms with Gasteiger partial charge in [-0.2, -0.15) is 0 Å². The van der Waals surface area contributed by atoms with E-state index in [4.69, 9.17) is 28.4 Å². The molecule has 7 unspecified atom stereocenters. The first-order chi connectivity index (χ1) is 17.0. The molecule has 8 heteroatoms. The average molecular weight is 489 g/mol. The summed E-state index contributed by atoms with van der Waals surface area (Å²) >= 11 is 0. The lowest BCUT2D eigenvalue weighted by Gasteiger charge is -2.49. The van der Waals surface area contributed by atoms with Crippen molar-refractivity contribution in [2.45, 2.75) is 76.7 Å². The Bertz CT molecular complexity index is 902. The number of rotatable bonds is 10. The number of benzene rings is 2. The van der Waals surface area contributed by atoms with Gasteiger partial charge in [0.05, 0.1) is 25.9 Å². The molecule has 7 atom stereocenters. The molecule has 2 aliphatic rings. The van der Waals surface area contributed by atoms with Gasteiger partial charge in [0.15, 0.2) is 12.6 Å². The summed E-state index contributed by atoms with van der Waals surface area (Å²) in [5, 5.41) is 20.3. The minimum Gasteiger partial charge on any atom is -0.494 e. The van der Waals surface area contributed by atoms with E-state index in [-0.39, 0.29) is 6.10 Å². The standard InChI is InChI=1S/C27H36O8/c1-4-14-30-20-10-6-18(7-11-20)26-32-17(3)23-25(35-26)24(22(29)16-28)34-27(33-23)19-8-12-21(13-9-19)31-15-5-2/h6-13,17,22-29H,4-5,14-16H2,1-3H3. The second kappa shape index (κ2) is 12.2. The van der Waals surface area contributed by atoms with E-state index in [1.54, 1.807) is 0 Å². The fourth-order valence-corrected chi connectivity index (χ4v) is 4.25. The quantitative estimate of drug-likeness (QED) is 0.520. The van der Waals surface area contributed by atoms with E-state index in [1.165, 1.54) is 0 Å². The molecule has 2 aliphatic heterocycles. The first kappa shape index (κ1) is 25.9. The second-order valence-electron chi connectivity index (χ2n) is 8.89. The van der Waals surface area contributed by atoms with Gasteiger partial charge in [-0.25, -0.2) is 0 Å². The molecule has 4 rings (SSSR count). The zero-order chi connectivity index (χ0) is 24.8. The zero-order valence-electron chi connectivity index (χ0n) is 20.5. The molecule has 2 saturated heterocycles. The van der Waals surface area contributed by atoms with Crippen molar-refractivity contribution in [3.05, 3.63) is 59.7 Å². The van der Waals surface area contributed by atoms with Crippen LogP contribution in [0.2, 0.25) is 0 Å². The molecule has 35 heavy (non-hydrogen) atoms. The third-order valence-electron chi connectivity index (χ3n) is 6.11. The van der Waals surface area contributed by atoms with Crippen LogP contribution in [0.5, 0.6) is 11.5 Å². The van der Waals surface area contributed by atoms with E-state index in [0.717, 1.165) is 35.5 Å². The highest BCUT2D eigenvalue weighted by Crippen LogP contribution is 2.41. The molecule has 2 heterocycles. The maximum absolute atomic E-state index is 10.6. The SMILES string of the molecule is CCCOc1ccc(C2OC(C(O)CO)C3OC(c4ccc(OCCC)cc4)OC(C)C3O2)cc1. The van der Waals surface area contributed by atoms with E-state index in [1.807, 2.05) is 55.5 Å². The molecule has 0 bridgehead atoms. The van der Waals surface area contributed by atoms with Crippen LogP contribution in [-0.4, -0.2) is 60.6 Å². The number of aliphatic hydroxyl groups excluding tert-OH is 2. The fourth-order valence-electron chi connectivity index (χ4n) is 4.25. The van der Waals surface area contributed by atoms with Crippen LogP contribution in [0.3, 0.4) is 0 Å². The van der Waals surface area contributed by atoms with Crippen LogP contribution in [0.25, 0.3) is 0 Å². The van der Waals surface area contributed by atoms with E-state index in [9.17, 15) is 10.2 Å². The van der Waals surface area contributed by atoms with Crippen molar-refractivity contribution in [3.63, 3.8) is 0 Å². The smallest absolute Gasteiger partial charge is 0.184 e. The fraction of sp³-hybridized carbons (Fsp3) is 0.556. The Hall–Kier alpha value is -2.20. The molecule has 8 nitrogen and oxygen atoms in total. The molecule has 2 N–H and O–H groups in total. The van der Waals surface area contributed by atoms with E-state index in [2.05, 4.69) is 13.8 Å². The lowest BCUT2D eigenvalue weighted by Crippen LogP contribution is -2.60. The van der Waals surface area contributed by atoms with Crippen molar-refractivity contribution in [2.75, 3.05) is 19.8 Å². The molecule has 0 aromatic heterocycles. The molecule has 2 aromatic carbocycles. The van der Waals surface area contributed by atoms with Crippen LogP contribution in [0.4, 0.5) is 0 Å². The monoisotopic (exact) mass is 488 g/mol. The maximum atomic E-state index is 10.6. The number of ether oxygens (including phenoxy) is 6. The lowest BCUT2D eigenvalue weighted by molar-refractivity contribution is -0.388. The van der Waals surface area contributed by atoms with Crippen LogP contribution in [0.1, 0.15) is 57.3 Å². The topological polar surface area (TPSA) is 95.8 Å². The Morgan fingerprint density at radius 3 is 1.71 bits per heavy atom. The van der Waals surface area contributed by atoms with E-state index >= 15 is 0 Å². The summed E-state index contributed by atoms with van der Waals surface area (Å²) < 4.78 is 36.1. The predicted octanol–water partition coefficient (Wildman–Crippen LogP) is 3.90. The van der Waals surface area contributed by atoms with Crippen LogP contribution >= 0.6 is 0 Å². The Balaban J connectivity index is 1.50. The first-order valence-electron chi connectivity index (χ1n) is 12.4. The Morgan fingerprint density at radius 2 is 1.23 bits per heavy atom. The van der Waals surface area contributed by atoms with Crippen molar-refractivity contribution < 1.29 is 38.6 Å². The molecular formula is C27H36O8. The summed E-state index contributed by atoms with van der Waals surface area (Å²) in [6.45, 7) is 6.87. The molecule has 0 radical (unpaired) electrons. The van der Waals surface area contributed by atoms with Crippen LogP contribution in [-0.2, 0) is 18.9 Å². The van der Waals surface area contributed by atoms with Gasteiger partial charge in [-0.1, -0.05) is 38.1 Å².